The molecule has 6 nitrogen and oxygen atoms in total. The average Bonchev–Trinajstić information content (AvgIpc) is 2.78. The van der Waals surface area contributed by atoms with E-state index in [0.717, 1.165) is 37.2 Å². The number of hydrogen-bond acceptors (Lipinski definition) is 6. The molecule has 3 atom stereocenters. The molecule has 0 radical (unpaired) electrons. The zero-order valence-corrected chi connectivity index (χ0v) is 21.0. The molecule has 4 rings (SSSR count). The summed E-state index contributed by atoms with van der Waals surface area (Å²) in [5.74, 6) is 2.05. The monoisotopic (exact) mass is 473 g/mol. The molecule has 0 aliphatic carbocycles. The van der Waals surface area contributed by atoms with E-state index in [1.165, 1.54) is 11.1 Å². The van der Waals surface area contributed by atoms with E-state index in [9.17, 15) is 8.42 Å². The first-order chi connectivity index (χ1) is 15.7. The van der Waals surface area contributed by atoms with Crippen molar-refractivity contribution in [2.75, 3.05) is 27.3 Å². The number of benzene rings is 2. The van der Waals surface area contributed by atoms with Crippen LogP contribution in [0.25, 0.3) is 0 Å². The third-order valence-electron chi connectivity index (χ3n) is 6.90. The second-order valence-corrected chi connectivity index (χ2v) is 11.3. The first-order valence-corrected chi connectivity index (χ1v) is 13.1. The number of hydrogen-bond donors (Lipinski definition) is 0. The summed E-state index contributed by atoms with van der Waals surface area (Å²) >= 11 is 0. The largest absolute Gasteiger partial charge is 0.493 e. The van der Waals surface area contributed by atoms with E-state index in [2.05, 4.69) is 30.9 Å². The fourth-order valence-corrected chi connectivity index (χ4v) is 6.42. The SMILES string of the molecule is COc1cc2c(cc1OC)C1CC(OS(=O)(=O)c3ccc(C)cc3)C(CC(C)C)CN1CC2. The van der Waals surface area contributed by atoms with E-state index < -0.39 is 10.1 Å². The molecule has 1 saturated heterocycles. The van der Waals surface area contributed by atoms with Crippen LogP contribution in [0, 0.1) is 18.8 Å². The topological polar surface area (TPSA) is 65.1 Å². The number of nitrogens with zero attached hydrogens (tertiary/aromatic N) is 1. The van der Waals surface area contributed by atoms with Crippen molar-refractivity contribution in [3.05, 3.63) is 53.1 Å². The Labute approximate surface area is 198 Å². The Morgan fingerprint density at radius 3 is 2.36 bits per heavy atom. The van der Waals surface area contributed by atoms with Crippen molar-refractivity contribution < 1.29 is 22.1 Å². The average molecular weight is 474 g/mol. The Kier molecular flexibility index (Phi) is 7.03. The van der Waals surface area contributed by atoms with Crippen molar-refractivity contribution in [2.45, 2.75) is 57.1 Å². The minimum atomic E-state index is -3.85. The van der Waals surface area contributed by atoms with Gasteiger partial charge in [0.25, 0.3) is 10.1 Å². The van der Waals surface area contributed by atoms with Crippen molar-refractivity contribution in [1.82, 2.24) is 4.90 Å². The van der Waals surface area contributed by atoms with E-state index in [-0.39, 0.29) is 23.0 Å². The lowest BCUT2D eigenvalue weighted by Gasteiger charge is -2.47. The van der Waals surface area contributed by atoms with Crippen LogP contribution in [0.5, 0.6) is 11.5 Å². The fourth-order valence-electron chi connectivity index (χ4n) is 5.28. The highest BCUT2D eigenvalue weighted by atomic mass is 32.2. The summed E-state index contributed by atoms with van der Waals surface area (Å²) in [6, 6.07) is 11.1. The van der Waals surface area contributed by atoms with Crippen LogP contribution in [0.3, 0.4) is 0 Å². The normalized spacial score (nSPS) is 23.2. The molecule has 2 aliphatic rings. The van der Waals surface area contributed by atoms with Gasteiger partial charge in [0.2, 0.25) is 0 Å². The van der Waals surface area contributed by atoms with E-state index in [1.807, 2.05) is 19.1 Å². The number of fused-ring (bicyclic) bond motifs is 3. The van der Waals surface area contributed by atoms with Crippen LogP contribution < -0.4 is 9.47 Å². The quantitative estimate of drug-likeness (QED) is 0.541. The molecule has 33 heavy (non-hydrogen) atoms. The molecule has 2 aromatic rings. The molecule has 1 fully saturated rings. The fraction of sp³-hybridized carbons (Fsp3) is 0.538. The standard InChI is InChI=1S/C26H35NO5S/c1-17(2)12-20-16-27-11-10-19-13-25(30-4)26(31-5)14-22(19)23(27)15-24(20)32-33(28,29)21-8-6-18(3)7-9-21/h6-9,13-14,17,20,23-24H,10-12,15-16H2,1-5H3. The van der Waals surface area contributed by atoms with Gasteiger partial charge in [-0.3, -0.25) is 9.08 Å². The number of methoxy groups -OCH3 is 2. The highest BCUT2D eigenvalue weighted by molar-refractivity contribution is 7.86. The lowest BCUT2D eigenvalue weighted by Crippen LogP contribution is -2.49. The lowest BCUT2D eigenvalue weighted by molar-refractivity contribution is -0.00241. The van der Waals surface area contributed by atoms with Gasteiger partial charge in [0.1, 0.15) is 0 Å². The van der Waals surface area contributed by atoms with Crippen molar-refractivity contribution in [2.24, 2.45) is 11.8 Å². The molecule has 0 saturated carbocycles. The second kappa shape index (κ2) is 9.65. The summed E-state index contributed by atoms with van der Waals surface area (Å²) < 4.78 is 43.4. The molecule has 0 bridgehead atoms. The number of rotatable bonds is 7. The summed E-state index contributed by atoms with van der Waals surface area (Å²) in [5, 5.41) is 0. The van der Waals surface area contributed by atoms with Crippen LogP contribution in [-0.2, 0) is 20.7 Å². The van der Waals surface area contributed by atoms with E-state index in [1.54, 1.807) is 26.4 Å². The van der Waals surface area contributed by atoms with Crippen molar-refractivity contribution in [3.63, 3.8) is 0 Å². The van der Waals surface area contributed by atoms with Gasteiger partial charge in [-0.2, -0.15) is 8.42 Å². The maximum atomic E-state index is 13.2. The van der Waals surface area contributed by atoms with Gasteiger partial charge in [0.15, 0.2) is 11.5 Å². The predicted octanol–water partition coefficient (Wildman–Crippen LogP) is 4.75. The Morgan fingerprint density at radius 1 is 1.06 bits per heavy atom. The van der Waals surface area contributed by atoms with Crippen LogP contribution in [0.2, 0.25) is 0 Å². The third-order valence-corrected chi connectivity index (χ3v) is 8.25. The highest BCUT2D eigenvalue weighted by Gasteiger charge is 2.42. The molecule has 180 valence electrons. The Morgan fingerprint density at radius 2 is 1.73 bits per heavy atom. The van der Waals surface area contributed by atoms with Crippen LogP contribution in [0.1, 0.15) is 49.4 Å². The summed E-state index contributed by atoms with van der Waals surface area (Å²) in [5.41, 5.74) is 3.43. The summed E-state index contributed by atoms with van der Waals surface area (Å²) in [6.45, 7) is 8.07. The van der Waals surface area contributed by atoms with Gasteiger partial charge in [-0.1, -0.05) is 31.5 Å². The summed E-state index contributed by atoms with van der Waals surface area (Å²) in [4.78, 5) is 2.70. The Bertz CT molecular complexity index is 1080. The van der Waals surface area contributed by atoms with Gasteiger partial charge in [0.05, 0.1) is 25.2 Å². The molecule has 2 heterocycles. The van der Waals surface area contributed by atoms with Crippen molar-refractivity contribution in [3.8, 4) is 11.5 Å². The molecule has 0 amide bonds. The maximum absolute atomic E-state index is 13.2. The number of ether oxygens (including phenoxy) is 2. The maximum Gasteiger partial charge on any atom is 0.297 e. The van der Waals surface area contributed by atoms with Crippen LogP contribution in [0.4, 0.5) is 0 Å². The molecule has 3 unspecified atom stereocenters. The first-order valence-electron chi connectivity index (χ1n) is 11.7. The van der Waals surface area contributed by atoms with Gasteiger partial charge < -0.3 is 9.47 Å². The molecule has 0 N–H and O–H groups in total. The van der Waals surface area contributed by atoms with Crippen molar-refractivity contribution >= 4 is 10.1 Å². The van der Waals surface area contributed by atoms with E-state index >= 15 is 0 Å². The van der Waals surface area contributed by atoms with E-state index in [0.29, 0.717) is 18.1 Å². The lowest BCUT2D eigenvalue weighted by atomic mass is 9.79. The Balaban J connectivity index is 1.65. The first kappa shape index (κ1) is 24.0. The summed E-state index contributed by atoms with van der Waals surface area (Å²) in [7, 11) is -0.555. The van der Waals surface area contributed by atoms with Crippen LogP contribution >= 0.6 is 0 Å². The molecule has 2 aliphatic heterocycles. The molecule has 0 spiro atoms. The van der Waals surface area contributed by atoms with Crippen LogP contribution in [-0.4, -0.2) is 46.7 Å². The van der Waals surface area contributed by atoms with Gasteiger partial charge in [0, 0.05) is 19.1 Å². The molecular weight excluding hydrogens is 438 g/mol. The van der Waals surface area contributed by atoms with Gasteiger partial charge in [-0.25, -0.2) is 0 Å². The van der Waals surface area contributed by atoms with Crippen molar-refractivity contribution in [1.29, 1.82) is 0 Å². The summed E-state index contributed by atoms with van der Waals surface area (Å²) in [6.07, 6.45) is 2.12. The Hall–Kier alpha value is -2.09. The van der Waals surface area contributed by atoms with Gasteiger partial charge >= 0.3 is 0 Å². The number of aryl methyl sites for hydroxylation is 1. The zero-order valence-electron chi connectivity index (χ0n) is 20.2. The molecule has 0 aromatic heterocycles. The minimum absolute atomic E-state index is 0.0928. The highest BCUT2D eigenvalue weighted by Crippen LogP contribution is 2.44. The molecule has 2 aromatic carbocycles. The zero-order chi connectivity index (χ0) is 23.8. The molecule has 7 heteroatoms. The number of piperidine rings is 1. The van der Waals surface area contributed by atoms with Gasteiger partial charge in [-0.15, -0.1) is 0 Å². The predicted molar refractivity (Wildman–Crippen MR) is 128 cm³/mol. The molecular formula is C26H35NO5S. The van der Waals surface area contributed by atoms with Crippen LogP contribution in [0.15, 0.2) is 41.3 Å². The van der Waals surface area contributed by atoms with E-state index in [4.69, 9.17) is 13.7 Å². The smallest absolute Gasteiger partial charge is 0.297 e. The second-order valence-electron chi connectivity index (χ2n) is 9.69. The third kappa shape index (κ3) is 5.05. The van der Waals surface area contributed by atoms with Gasteiger partial charge in [-0.05, 0) is 73.4 Å². The minimum Gasteiger partial charge on any atom is -0.493 e.